The first-order valence-electron chi connectivity index (χ1n) is 6.73. The molecule has 1 aromatic rings. The van der Waals surface area contributed by atoms with Crippen molar-refractivity contribution in [1.82, 2.24) is 5.32 Å². The van der Waals surface area contributed by atoms with Crippen molar-refractivity contribution in [2.24, 2.45) is 0 Å². The third kappa shape index (κ3) is 4.97. The minimum atomic E-state index is -5.24. The van der Waals surface area contributed by atoms with Gasteiger partial charge in [-0.05, 0) is 24.6 Å². The zero-order valence-electron chi connectivity index (χ0n) is 12.8. The molecule has 132 valence electrons. The fraction of sp³-hybridized carbons (Fsp3) is 0.333. The van der Waals surface area contributed by atoms with Crippen molar-refractivity contribution >= 4 is 17.4 Å². The van der Waals surface area contributed by atoms with Crippen LogP contribution in [0.25, 0.3) is 5.57 Å². The number of amides is 1. The molecule has 0 aliphatic carbocycles. The zero-order valence-corrected chi connectivity index (χ0v) is 12.8. The summed E-state index contributed by atoms with van der Waals surface area (Å²) in [5, 5.41) is 1.44. The molecule has 24 heavy (non-hydrogen) atoms. The van der Waals surface area contributed by atoms with Crippen molar-refractivity contribution in [3.8, 4) is 5.75 Å². The van der Waals surface area contributed by atoms with Gasteiger partial charge >= 0.3 is 18.1 Å². The van der Waals surface area contributed by atoms with Gasteiger partial charge < -0.3 is 14.8 Å². The van der Waals surface area contributed by atoms with Crippen LogP contribution in [0, 0.1) is 0 Å². The minimum Gasteiger partial charge on any atom is -0.497 e. The van der Waals surface area contributed by atoms with Gasteiger partial charge in [-0.3, -0.25) is 4.79 Å². The first kappa shape index (κ1) is 19.5. The largest absolute Gasteiger partial charge is 0.497 e. The minimum absolute atomic E-state index is 0.0531. The van der Waals surface area contributed by atoms with E-state index < -0.39 is 29.7 Å². The molecule has 5 nitrogen and oxygen atoms in total. The number of ether oxygens (including phenoxy) is 2. The Hall–Kier alpha value is -2.58. The normalized spacial score (nSPS) is 13.2. The van der Waals surface area contributed by atoms with E-state index in [9.17, 15) is 27.2 Å². The van der Waals surface area contributed by atoms with E-state index in [2.05, 4.69) is 4.74 Å². The van der Waals surface area contributed by atoms with E-state index in [4.69, 9.17) is 4.74 Å². The van der Waals surface area contributed by atoms with Gasteiger partial charge in [0.15, 0.2) is 6.04 Å². The molecule has 1 rings (SSSR count). The molecular formula is C15H15F4NO4. The molecular weight excluding hydrogens is 334 g/mol. The second-order valence-electron chi connectivity index (χ2n) is 4.45. The van der Waals surface area contributed by atoms with Crippen LogP contribution in [0.2, 0.25) is 0 Å². The lowest BCUT2D eigenvalue weighted by atomic mass is 9.99. The van der Waals surface area contributed by atoms with E-state index >= 15 is 0 Å². The molecule has 0 saturated carbocycles. The average Bonchev–Trinajstić information content (AvgIpc) is 2.54. The highest BCUT2D eigenvalue weighted by Gasteiger charge is 2.42. The lowest BCUT2D eigenvalue weighted by Gasteiger charge is -2.20. The Balaban J connectivity index is 3.23. The van der Waals surface area contributed by atoms with Crippen molar-refractivity contribution in [2.45, 2.75) is 19.1 Å². The molecule has 1 amide bonds. The van der Waals surface area contributed by atoms with E-state index in [0.717, 1.165) is 0 Å². The van der Waals surface area contributed by atoms with Gasteiger partial charge in [0, 0.05) is 5.57 Å². The molecule has 0 saturated heterocycles. The summed E-state index contributed by atoms with van der Waals surface area (Å²) >= 11 is 0. The molecule has 1 unspecified atom stereocenters. The quantitative estimate of drug-likeness (QED) is 0.633. The predicted octanol–water partition coefficient (Wildman–Crippen LogP) is 2.62. The van der Waals surface area contributed by atoms with Crippen LogP contribution in [0.1, 0.15) is 12.5 Å². The van der Waals surface area contributed by atoms with Crippen molar-refractivity contribution < 1.29 is 36.6 Å². The van der Waals surface area contributed by atoms with Crippen molar-refractivity contribution in [3.63, 3.8) is 0 Å². The van der Waals surface area contributed by atoms with Gasteiger partial charge in [0.2, 0.25) is 0 Å². The molecule has 0 radical (unpaired) electrons. The van der Waals surface area contributed by atoms with Crippen LogP contribution >= 0.6 is 0 Å². The number of nitrogens with one attached hydrogen (secondary N) is 1. The molecule has 1 atom stereocenters. The second-order valence-corrected chi connectivity index (χ2v) is 4.45. The van der Waals surface area contributed by atoms with E-state index in [-0.39, 0.29) is 24.2 Å². The van der Waals surface area contributed by atoms with Crippen LogP contribution in [0.4, 0.5) is 17.6 Å². The topological polar surface area (TPSA) is 64.6 Å². The number of carbonyl (C=O) groups is 2. The van der Waals surface area contributed by atoms with E-state index in [1.54, 1.807) is 0 Å². The monoisotopic (exact) mass is 349 g/mol. The Morgan fingerprint density at radius 2 is 2.00 bits per heavy atom. The first-order valence-corrected chi connectivity index (χ1v) is 6.73. The predicted molar refractivity (Wildman–Crippen MR) is 76.7 cm³/mol. The Morgan fingerprint density at radius 1 is 1.33 bits per heavy atom. The number of hydrogen-bond donors (Lipinski definition) is 1. The van der Waals surface area contributed by atoms with Crippen LogP contribution in [0.5, 0.6) is 5.75 Å². The van der Waals surface area contributed by atoms with Gasteiger partial charge in [0.1, 0.15) is 5.75 Å². The first-order chi connectivity index (χ1) is 11.2. The molecule has 1 aromatic carbocycles. The average molecular weight is 349 g/mol. The second kappa shape index (κ2) is 8.32. The Kier molecular flexibility index (Phi) is 6.75. The van der Waals surface area contributed by atoms with Gasteiger partial charge in [-0.25, -0.2) is 9.18 Å². The van der Waals surface area contributed by atoms with Gasteiger partial charge in [-0.1, -0.05) is 12.1 Å². The maximum atomic E-state index is 13.3. The van der Waals surface area contributed by atoms with Gasteiger partial charge in [0.05, 0.1) is 20.0 Å². The fourth-order valence-corrected chi connectivity index (χ4v) is 1.80. The molecule has 0 bridgehead atoms. The summed E-state index contributed by atoms with van der Waals surface area (Å²) in [6, 6.07) is 3.66. The molecule has 0 aromatic heterocycles. The standard InChI is InChI=1S/C15H15F4NO4/c1-3-24-13(21)12(20-14(22)15(17,18)19)11(8-16)9-5-4-6-10(7-9)23-2/h4-8,12H,3H2,1-2H3,(H,20,22)/b11-8+. The van der Waals surface area contributed by atoms with Crippen LogP contribution in [-0.4, -0.2) is 37.8 Å². The third-order valence-electron chi connectivity index (χ3n) is 2.89. The molecule has 9 heteroatoms. The third-order valence-corrected chi connectivity index (χ3v) is 2.89. The number of carbonyl (C=O) groups excluding carboxylic acids is 2. The summed E-state index contributed by atoms with van der Waals surface area (Å²) in [6.45, 7) is 1.26. The lowest BCUT2D eigenvalue weighted by Crippen LogP contribution is -2.48. The number of hydrogen-bond acceptors (Lipinski definition) is 4. The van der Waals surface area contributed by atoms with Crippen LogP contribution in [-0.2, 0) is 14.3 Å². The molecule has 0 aliphatic rings. The summed E-state index contributed by atoms with van der Waals surface area (Å²) in [4.78, 5) is 23.0. The number of rotatable bonds is 6. The van der Waals surface area contributed by atoms with Crippen LogP contribution < -0.4 is 10.1 Å². The lowest BCUT2D eigenvalue weighted by molar-refractivity contribution is -0.175. The Labute approximate surface area is 135 Å². The number of halogens is 4. The van der Waals surface area contributed by atoms with Gasteiger partial charge in [-0.2, -0.15) is 13.2 Å². The van der Waals surface area contributed by atoms with Gasteiger partial charge in [0.25, 0.3) is 0 Å². The maximum absolute atomic E-state index is 13.3. The molecule has 0 spiro atoms. The molecule has 0 fully saturated rings. The maximum Gasteiger partial charge on any atom is 0.471 e. The summed E-state index contributed by atoms with van der Waals surface area (Å²) < 4.78 is 60.2. The Morgan fingerprint density at radius 3 is 2.50 bits per heavy atom. The van der Waals surface area contributed by atoms with E-state index in [1.807, 2.05) is 0 Å². The van der Waals surface area contributed by atoms with E-state index in [0.29, 0.717) is 0 Å². The van der Waals surface area contributed by atoms with Crippen LogP contribution in [0.15, 0.2) is 30.6 Å². The van der Waals surface area contributed by atoms with Crippen molar-refractivity contribution in [2.75, 3.05) is 13.7 Å². The summed E-state index contributed by atoms with van der Waals surface area (Å²) in [7, 11) is 1.34. The van der Waals surface area contributed by atoms with Crippen molar-refractivity contribution in [3.05, 3.63) is 36.2 Å². The molecule has 0 heterocycles. The number of esters is 1. The highest BCUT2D eigenvalue weighted by Crippen LogP contribution is 2.25. The summed E-state index contributed by atoms with van der Waals surface area (Å²) in [5.74, 6) is -3.32. The smallest absolute Gasteiger partial charge is 0.471 e. The van der Waals surface area contributed by atoms with Gasteiger partial charge in [-0.15, -0.1) is 0 Å². The SMILES string of the molecule is CCOC(=O)C(NC(=O)C(F)(F)F)/C(=C/F)c1cccc(OC)c1. The highest BCUT2D eigenvalue weighted by atomic mass is 19.4. The number of benzene rings is 1. The molecule has 1 N–H and O–H groups in total. The van der Waals surface area contributed by atoms with Crippen molar-refractivity contribution in [1.29, 1.82) is 0 Å². The summed E-state index contributed by atoms with van der Waals surface area (Å²) in [5.41, 5.74) is -0.442. The van der Waals surface area contributed by atoms with Crippen LogP contribution in [0.3, 0.4) is 0 Å². The highest BCUT2D eigenvalue weighted by molar-refractivity contribution is 5.97. The Bertz CT molecular complexity index is 628. The number of methoxy groups -OCH3 is 1. The number of alkyl halides is 3. The van der Waals surface area contributed by atoms with E-state index in [1.165, 1.54) is 43.6 Å². The molecule has 0 aliphatic heterocycles. The fourth-order valence-electron chi connectivity index (χ4n) is 1.80. The summed E-state index contributed by atoms with van der Waals surface area (Å²) in [6.07, 6.45) is -5.30. The zero-order chi connectivity index (χ0) is 18.3.